The summed E-state index contributed by atoms with van der Waals surface area (Å²) in [6, 6.07) is 3.95. The number of carbonyl (C=O) groups excluding carboxylic acids is 1. The summed E-state index contributed by atoms with van der Waals surface area (Å²) in [6.45, 7) is 1.84. The van der Waals surface area contributed by atoms with E-state index in [9.17, 15) is 14.3 Å². The topological polar surface area (TPSA) is 90.7 Å². The van der Waals surface area contributed by atoms with Crippen molar-refractivity contribution in [2.45, 2.75) is 13.3 Å². The van der Waals surface area contributed by atoms with Gasteiger partial charge < -0.3 is 10.1 Å². The number of hydrogen-bond acceptors (Lipinski definition) is 5. The van der Waals surface area contributed by atoms with Gasteiger partial charge in [0, 0.05) is 16.5 Å². The summed E-state index contributed by atoms with van der Waals surface area (Å²) in [5.41, 5.74) is 1.39. The minimum Gasteiger partial charge on any atom is -0.493 e. The monoisotopic (exact) mass is 318 g/mol. The van der Waals surface area contributed by atoms with E-state index in [0.717, 1.165) is 5.69 Å². The molecule has 0 saturated heterocycles. The van der Waals surface area contributed by atoms with Crippen molar-refractivity contribution in [3.05, 3.63) is 40.1 Å². The zero-order chi connectivity index (χ0) is 15.7. The molecular formula is C14H11FN4O2S. The first kappa shape index (κ1) is 14.3. The summed E-state index contributed by atoms with van der Waals surface area (Å²) in [5, 5.41) is 19.9. The lowest BCUT2D eigenvalue weighted by Crippen LogP contribution is -1.97. The average molecular weight is 318 g/mol. The van der Waals surface area contributed by atoms with Crippen LogP contribution in [0.2, 0.25) is 0 Å². The Morgan fingerprint density at radius 1 is 1.50 bits per heavy atom. The third kappa shape index (κ3) is 2.86. The number of fused-ring (bicyclic) bond motifs is 1. The van der Waals surface area contributed by atoms with Gasteiger partial charge in [0.05, 0.1) is 11.9 Å². The van der Waals surface area contributed by atoms with Crippen LogP contribution in [0.15, 0.2) is 33.8 Å². The zero-order valence-corrected chi connectivity index (χ0v) is 12.3. The molecule has 0 saturated carbocycles. The van der Waals surface area contributed by atoms with E-state index in [-0.39, 0.29) is 18.0 Å². The molecule has 2 aromatic heterocycles. The number of H-pyrrole nitrogens is 1. The number of halogens is 1. The van der Waals surface area contributed by atoms with Crippen molar-refractivity contribution in [3.8, 4) is 5.88 Å². The molecule has 0 spiro atoms. The Balaban J connectivity index is 1.84. The minimum atomic E-state index is -0.487. The molecular weight excluding hydrogens is 307 g/mol. The fourth-order valence-electron chi connectivity index (χ4n) is 1.99. The molecule has 0 aliphatic heterocycles. The molecule has 3 aromatic rings. The van der Waals surface area contributed by atoms with E-state index >= 15 is 0 Å². The van der Waals surface area contributed by atoms with Crippen molar-refractivity contribution in [3.63, 3.8) is 0 Å². The van der Waals surface area contributed by atoms with Gasteiger partial charge in [0.25, 0.3) is 5.91 Å². The van der Waals surface area contributed by atoms with Crippen LogP contribution >= 0.6 is 11.3 Å². The fraction of sp³-hybridized carbons (Fsp3) is 0.143. The molecule has 0 aliphatic rings. The van der Waals surface area contributed by atoms with Crippen LogP contribution in [0, 0.1) is 12.7 Å². The van der Waals surface area contributed by atoms with Gasteiger partial charge in [0.15, 0.2) is 5.69 Å². The van der Waals surface area contributed by atoms with E-state index < -0.39 is 11.7 Å². The molecule has 0 fully saturated rings. The van der Waals surface area contributed by atoms with Gasteiger partial charge >= 0.3 is 0 Å². The summed E-state index contributed by atoms with van der Waals surface area (Å²) in [4.78, 5) is 18.6. The summed E-state index contributed by atoms with van der Waals surface area (Å²) in [5.74, 6) is -1.21. The Labute approximate surface area is 128 Å². The molecule has 6 nitrogen and oxygen atoms in total. The summed E-state index contributed by atoms with van der Waals surface area (Å²) in [7, 11) is 0. The molecule has 2 N–H and O–H groups in total. The van der Waals surface area contributed by atoms with E-state index in [1.54, 1.807) is 0 Å². The SMILES string of the molecule is Cc1csc(CC(=O)N=Nc2c(O)[nH]c3ccc(F)cc23)n1. The van der Waals surface area contributed by atoms with Crippen LogP contribution in [0.1, 0.15) is 10.7 Å². The number of thiazole rings is 1. The molecule has 1 amide bonds. The lowest BCUT2D eigenvalue weighted by atomic mass is 10.2. The predicted octanol–water partition coefficient (Wildman–Crippen LogP) is 3.63. The molecule has 0 unspecified atom stereocenters. The molecule has 1 aromatic carbocycles. The van der Waals surface area contributed by atoms with Crippen molar-refractivity contribution >= 4 is 33.8 Å². The Morgan fingerprint density at radius 3 is 3.05 bits per heavy atom. The number of nitrogens with zero attached hydrogens (tertiary/aromatic N) is 3. The largest absolute Gasteiger partial charge is 0.493 e. The zero-order valence-electron chi connectivity index (χ0n) is 11.5. The highest BCUT2D eigenvalue weighted by atomic mass is 32.1. The third-order valence-electron chi connectivity index (χ3n) is 2.94. The number of rotatable bonds is 3. The number of aryl methyl sites for hydroxylation is 1. The maximum Gasteiger partial charge on any atom is 0.271 e. The lowest BCUT2D eigenvalue weighted by Gasteiger charge is -1.92. The van der Waals surface area contributed by atoms with Gasteiger partial charge in [-0.15, -0.1) is 21.6 Å². The van der Waals surface area contributed by atoms with E-state index in [1.807, 2.05) is 12.3 Å². The van der Waals surface area contributed by atoms with Crippen molar-refractivity contribution in [2.75, 3.05) is 0 Å². The third-order valence-corrected chi connectivity index (χ3v) is 3.91. The van der Waals surface area contributed by atoms with Crippen LogP contribution in [0.25, 0.3) is 10.9 Å². The molecule has 0 atom stereocenters. The van der Waals surface area contributed by atoms with E-state index in [1.165, 1.54) is 29.5 Å². The molecule has 8 heteroatoms. The maximum atomic E-state index is 13.3. The average Bonchev–Trinajstić information content (AvgIpc) is 2.99. The first-order valence-corrected chi connectivity index (χ1v) is 7.26. The highest BCUT2D eigenvalue weighted by molar-refractivity contribution is 7.09. The predicted molar refractivity (Wildman–Crippen MR) is 80.0 cm³/mol. The number of aromatic amines is 1. The molecule has 0 bridgehead atoms. The Hall–Kier alpha value is -2.61. The first-order chi connectivity index (χ1) is 10.5. The molecule has 3 rings (SSSR count). The second kappa shape index (κ2) is 5.64. The summed E-state index contributed by atoms with van der Waals surface area (Å²) >= 11 is 1.37. The normalized spacial score (nSPS) is 11.5. The number of aromatic hydroxyl groups is 1. The Bertz CT molecular complexity index is 884. The smallest absolute Gasteiger partial charge is 0.271 e. The molecule has 22 heavy (non-hydrogen) atoms. The van der Waals surface area contributed by atoms with Gasteiger partial charge in [-0.3, -0.25) is 4.79 Å². The summed E-state index contributed by atoms with van der Waals surface area (Å²) in [6.07, 6.45) is 0.0412. The summed E-state index contributed by atoms with van der Waals surface area (Å²) < 4.78 is 13.3. The van der Waals surface area contributed by atoms with E-state index in [4.69, 9.17) is 0 Å². The first-order valence-electron chi connectivity index (χ1n) is 6.38. The minimum absolute atomic E-state index is 0.0400. The van der Waals surface area contributed by atoms with Crippen LogP contribution in [-0.2, 0) is 11.2 Å². The second-order valence-electron chi connectivity index (χ2n) is 4.67. The lowest BCUT2D eigenvalue weighted by molar-refractivity contribution is -0.117. The Morgan fingerprint density at radius 2 is 2.32 bits per heavy atom. The van der Waals surface area contributed by atoms with Gasteiger partial charge in [0.2, 0.25) is 5.88 Å². The highest BCUT2D eigenvalue weighted by Crippen LogP contribution is 2.35. The van der Waals surface area contributed by atoms with Gasteiger partial charge in [-0.2, -0.15) is 0 Å². The van der Waals surface area contributed by atoms with Crippen LogP contribution in [-0.4, -0.2) is 21.0 Å². The van der Waals surface area contributed by atoms with Crippen molar-refractivity contribution in [1.82, 2.24) is 9.97 Å². The van der Waals surface area contributed by atoms with Crippen LogP contribution in [0.5, 0.6) is 5.88 Å². The van der Waals surface area contributed by atoms with E-state index in [0.29, 0.717) is 15.9 Å². The number of hydrogen-bond donors (Lipinski definition) is 2. The van der Waals surface area contributed by atoms with E-state index in [2.05, 4.69) is 20.2 Å². The van der Waals surface area contributed by atoms with Crippen LogP contribution < -0.4 is 0 Å². The molecule has 0 aliphatic carbocycles. The number of carbonyl (C=O) groups is 1. The van der Waals surface area contributed by atoms with Crippen molar-refractivity contribution in [1.29, 1.82) is 0 Å². The second-order valence-corrected chi connectivity index (χ2v) is 5.61. The van der Waals surface area contributed by atoms with Crippen molar-refractivity contribution in [2.24, 2.45) is 10.2 Å². The van der Waals surface area contributed by atoms with Gasteiger partial charge in [-0.1, -0.05) is 0 Å². The number of aromatic nitrogens is 2. The highest BCUT2D eigenvalue weighted by Gasteiger charge is 2.12. The van der Waals surface area contributed by atoms with Gasteiger partial charge in [-0.25, -0.2) is 9.37 Å². The number of amides is 1. The number of benzene rings is 1. The van der Waals surface area contributed by atoms with Crippen molar-refractivity contribution < 1.29 is 14.3 Å². The molecule has 112 valence electrons. The molecule has 2 heterocycles. The standard InChI is InChI=1S/C14H11FN4O2S/c1-7-6-22-12(16-7)5-11(20)18-19-13-9-4-8(15)2-3-10(9)17-14(13)21/h2-4,6,17,21H,5H2,1H3. The number of nitrogens with one attached hydrogen (secondary N) is 1. The Kier molecular flexibility index (Phi) is 3.68. The number of azo groups is 1. The van der Waals surface area contributed by atoms with Gasteiger partial charge in [0.1, 0.15) is 10.8 Å². The fourth-order valence-corrected chi connectivity index (χ4v) is 2.75. The quantitative estimate of drug-likeness (QED) is 0.722. The maximum absolute atomic E-state index is 13.3. The van der Waals surface area contributed by atoms with Crippen LogP contribution in [0.3, 0.4) is 0 Å². The molecule has 0 radical (unpaired) electrons. The van der Waals surface area contributed by atoms with Gasteiger partial charge in [-0.05, 0) is 25.1 Å². The van der Waals surface area contributed by atoms with Crippen LogP contribution in [0.4, 0.5) is 10.1 Å².